The molecule has 0 atom stereocenters. The van der Waals surface area contributed by atoms with Gasteiger partial charge in [0.1, 0.15) is 5.60 Å². The number of carbonyl (C=O) groups excluding carboxylic acids is 1. The molecular formula is C23H33N5O2. The maximum absolute atomic E-state index is 12.7. The molecule has 30 heavy (non-hydrogen) atoms. The van der Waals surface area contributed by atoms with Crippen molar-refractivity contribution in [1.29, 1.82) is 0 Å². The summed E-state index contributed by atoms with van der Waals surface area (Å²) < 4.78 is 5.72. The summed E-state index contributed by atoms with van der Waals surface area (Å²) in [5, 5.41) is 9.36. The van der Waals surface area contributed by atoms with Gasteiger partial charge < -0.3 is 25.6 Å². The number of hydrogen-bond donors (Lipinski definition) is 3. The molecule has 0 radical (unpaired) electrons. The van der Waals surface area contributed by atoms with Crippen LogP contribution >= 0.6 is 0 Å². The van der Waals surface area contributed by atoms with Crippen LogP contribution in [0.4, 0.5) is 11.4 Å². The van der Waals surface area contributed by atoms with Crippen LogP contribution < -0.4 is 16.0 Å². The molecule has 2 rings (SSSR count). The van der Waals surface area contributed by atoms with Crippen molar-refractivity contribution in [2.75, 3.05) is 37.8 Å². The summed E-state index contributed by atoms with van der Waals surface area (Å²) in [6, 6.07) is 11.1. The second-order valence-electron chi connectivity index (χ2n) is 8.28. The van der Waals surface area contributed by atoms with E-state index in [0.29, 0.717) is 29.4 Å². The van der Waals surface area contributed by atoms with Crippen molar-refractivity contribution < 1.29 is 9.53 Å². The fraction of sp³-hybridized carbons (Fsp3) is 0.391. The highest BCUT2D eigenvalue weighted by molar-refractivity contribution is 6.05. The number of nitrogens with zero attached hydrogens (tertiary/aromatic N) is 2. The zero-order chi connectivity index (χ0) is 22.1. The van der Waals surface area contributed by atoms with Gasteiger partial charge in [-0.25, -0.2) is 0 Å². The maximum atomic E-state index is 12.7. The molecule has 7 nitrogen and oxygen atoms in total. The largest absolute Gasteiger partial charge is 0.474 e. The molecule has 0 aliphatic heterocycles. The number of para-hydroxylation sites is 2. The van der Waals surface area contributed by atoms with E-state index in [1.165, 1.54) is 0 Å². The van der Waals surface area contributed by atoms with Crippen LogP contribution in [0.1, 0.15) is 36.8 Å². The molecule has 0 unspecified atom stereocenters. The molecule has 0 saturated heterocycles. The molecule has 7 heteroatoms. The molecule has 0 saturated carbocycles. The number of aromatic nitrogens is 1. The Morgan fingerprint density at radius 1 is 1.10 bits per heavy atom. The first-order chi connectivity index (χ1) is 14.1. The Balaban J connectivity index is 1.97. The predicted octanol–water partition coefficient (Wildman–Crippen LogP) is 3.68. The lowest BCUT2D eigenvalue weighted by Gasteiger charge is -2.24. The Morgan fingerprint density at radius 2 is 1.77 bits per heavy atom. The Hall–Kier alpha value is -2.90. The molecule has 0 fully saturated rings. The van der Waals surface area contributed by atoms with Gasteiger partial charge in [0.2, 0.25) is 0 Å². The molecule has 1 heterocycles. The second kappa shape index (κ2) is 10.8. The number of pyridine rings is 1. The van der Waals surface area contributed by atoms with Gasteiger partial charge in [-0.05, 0) is 65.7 Å². The minimum atomic E-state index is -0.364. The Bertz CT molecular complexity index is 841. The number of benzene rings is 1. The number of likely N-dealkylation sites (N-methyl/N-ethyl adjacent to an activating group) is 1. The number of rotatable bonds is 10. The Morgan fingerprint density at radius 3 is 2.33 bits per heavy atom. The maximum Gasteiger partial charge on any atom is 0.257 e. The smallest absolute Gasteiger partial charge is 0.257 e. The summed E-state index contributed by atoms with van der Waals surface area (Å²) in [6.07, 6.45) is 1.59. The highest BCUT2D eigenvalue weighted by Gasteiger charge is 2.14. The van der Waals surface area contributed by atoms with Crippen LogP contribution in [0, 0.1) is 0 Å². The highest BCUT2D eigenvalue weighted by atomic mass is 16.5. The zero-order valence-corrected chi connectivity index (χ0v) is 18.6. The molecule has 2 aromatic rings. The molecule has 0 spiro atoms. The standard InChI is InChI=1S/C23H33N5O2/c1-17(30-23(2,3)4)26-20-9-7-8-10-21(20)27-22(29)18-11-12-19(25-15-18)16-24-13-14-28(5)6/h7-12,15,24,26H,1,13-14,16H2,2-6H3,(H,27,29). The van der Waals surface area contributed by atoms with E-state index in [9.17, 15) is 4.79 Å². The van der Waals surface area contributed by atoms with Crippen LogP contribution in [0.3, 0.4) is 0 Å². The Labute approximate surface area is 179 Å². The van der Waals surface area contributed by atoms with Gasteiger partial charge in [0.15, 0.2) is 5.88 Å². The number of amides is 1. The van der Waals surface area contributed by atoms with Crippen molar-refractivity contribution in [2.45, 2.75) is 32.9 Å². The summed E-state index contributed by atoms with van der Waals surface area (Å²) in [6.45, 7) is 12.2. The molecule has 1 aromatic heterocycles. The third-order valence-corrected chi connectivity index (χ3v) is 4.01. The van der Waals surface area contributed by atoms with E-state index in [4.69, 9.17) is 4.74 Å². The number of nitrogens with one attached hydrogen (secondary N) is 3. The average molecular weight is 412 g/mol. The van der Waals surface area contributed by atoms with Gasteiger partial charge >= 0.3 is 0 Å². The summed E-state index contributed by atoms with van der Waals surface area (Å²) in [7, 11) is 4.07. The first-order valence-electron chi connectivity index (χ1n) is 10.00. The normalized spacial score (nSPS) is 11.3. The van der Waals surface area contributed by atoms with Crippen molar-refractivity contribution in [3.05, 3.63) is 66.3 Å². The highest BCUT2D eigenvalue weighted by Crippen LogP contribution is 2.24. The Kier molecular flexibility index (Phi) is 8.38. The molecular weight excluding hydrogens is 378 g/mol. The summed E-state index contributed by atoms with van der Waals surface area (Å²) in [5.74, 6) is 0.184. The van der Waals surface area contributed by atoms with E-state index in [1.54, 1.807) is 12.3 Å². The fourth-order valence-electron chi connectivity index (χ4n) is 2.62. The number of ether oxygens (including phenoxy) is 1. The summed E-state index contributed by atoms with van der Waals surface area (Å²) in [5.41, 5.74) is 2.36. The van der Waals surface area contributed by atoms with E-state index in [1.807, 2.05) is 65.2 Å². The topological polar surface area (TPSA) is 78.5 Å². The fourth-order valence-corrected chi connectivity index (χ4v) is 2.62. The van der Waals surface area contributed by atoms with Gasteiger partial charge in [-0.2, -0.15) is 0 Å². The van der Waals surface area contributed by atoms with Crippen molar-refractivity contribution in [3.63, 3.8) is 0 Å². The van der Waals surface area contributed by atoms with E-state index in [2.05, 4.69) is 32.4 Å². The van der Waals surface area contributed by atoms with Crippen LogP contribution in [-0.4, -0.2) is 48.6 Å². The van der Waals surface area contributed by atoms with Gasteiger partial charge in [0.05, 0.1) is 22.6 Å². The van der Waals surface area contributed by atoms with Crippen molar-refractivity contribution in [2.24, 2.45) is 0 Å². The lowest BCUT2D eigenvalue weighted by Crippen LogP contribution is -2.26. The SMILES string of the molecule is C=C(Nc1ccccc1NC(=O)c1ccc(CNCCN(C)C)nc1)OC(C)(C)C. The molecule has 1 aromatic carbocycles. The lowest BCUT2D eigenvalue weighted by atomic mass is 10.2. The van der Waals surface area contributed by atoms with Gasteiger partial charge in [-0.1, -0.05) is 12.1 Å². The lowest BCUT2D eigenvalue weighted by molar-refractivity contribution is 0.0565. The zero-order valence-electron chi connectivity index (χ0n) is 18.6. The van der Waals surface area contributed by atoms with Crippen LogP contribution in [0.15, 0.2) is 55.1 Å². The molecule has 1 amide bonds. The number of carbonyl (C=O) groups is 1. The minimum Gasteiger partial charge on any atom is -0.474 e. The van der Waals surface area contributed by atoms with Crippen molar-refractivity contribution in [1.82, 2.24) is 15.2 Å². The monoisotopic (exact) mass is 411 g/mol. The van der Waals surface area contributed by atoms with Crippen molar-refractivity contribution in [3.8, 4) is 0 Å². The van der Waals surface area contributed by atoms with Gasteiger partial charge in [0, 0.05) is 25.8 Å². The van der Waals surface area contributed by atoms with E-state index in [-0.39, 0.29) is 11.5 Å². The summed E-state index contributed by atoms with van der Waals surface area (Å²) >= 11 is 0. The summed E-state index contributed by atoms with van der Waals surface area (Å²) in [4.78, 5) is 19.2. The predicted molar refractivity (Wildman–Crippen MR) is 122 cm³/mol. The van der Waals surface area contributed by atoms with Crippen LogP contribution in [0.25, 0.3) is 0 Å². The van der Waals surface area contributed by atoms with Gasteiger partial charge in [-0.3, -0.25) is 9.78 Å². The number of anilines is 2. The molecule has 3 N–H and O–H groups in total. The average Bonchev–Trinajstić information content (AvgIpc) is 2.65. The van der Waals surface area contributed by atoms with Crippen molar-refractivity contribution >= 4 is 17.3 Å². The van der Waals surface area contributed by atoms with Gasteiger partial charge in [-0.15, -0.1) is 0 Å². The van der Waals surface area contributed by atoms with Crippen LogP contribution in [0.2, 0.25) is 0 Å². The third-order valence-electron chi connectivity index (χ3n) is 4.01. The molecule has 0 aliphatic carbocycles. The second-order valence-corrected chi connectivity index (χ2v) is 8.28. The minimum absolute atomic E-state index is 0.230. The van der Waals surface area contributed by atoms with E-state index in [0.717, 1.165) is 18.8 Å². The first-order valence-corrected chi connectivity index (χ1v) is 10.00. The van der Waals surface area contributed by atoms with Crippen LogP contribution in [-0.2, 0) is 11.3 Å². The molecule has 0 aliphatic rings. The quantitative estimate of drug-likeness (QED) is 0.409. The van der Waals surface area contributed by atoms with Gasteiger partial charge in [0.25, 0.3) is 5.91 Å². The van der Waals surface area contributed by atoms with E-state index < -0.39 is 0 Å². The molecule has 0 bridgehead atoms. The molecule has 162 valence electrons. The first kappa shape index (κ1) is 23.4. The number of hydrogen-bond acceptors (Lipinski definition) is 6. The van der Waals surface area contributed by atoms with E-state index >= 15 is 0 Å². The third kappa shape index (κ3) is 8.23. The van der Waals surface area contributed by atoms with Crippen LogP contribution in [0.5, 0.6) is 0 Å².